The molecule has 1 aromatic carbocycles. The van der Waals surface area contributed by atoms with Gasteiger partial charge in [0.15, 0.2) is 0 Å². The first-order chi connectivity index (χ1) is 17.2. The number of para-hydroxylation sites is 1. The van der Waals surface area contributed by atoms with Crippen LogP contribution in [0.4, 0.5) is 9.93 Å². The lowest BCUT2D eigenvalue weighted by Gasteiger charge is -2.33. The van der Waals surface area contributed by atoms with Crippen LogP contribution in [0.5, 0.6) is 10.9 Å². The highest BCUT2D eigenvalue weighted by molar-refractivity contribution is 7.17. The van der Waals surface area contributed by atoms with E-state index >= 15 is 0 Å². The standard InChI is InChI=1S/C25H29N5O5S/c1-25(2,3)35-24(32)30-13-7-8-16(15-30)34-23-29-28-22(36-23)27-21(31)18-11-12-26-14-19(18)17-9-5-6-10-20(17)33-4/h5-6,9-12,14,16H,7-8,13,15H2,1-4H3,(H,27,28,31). The summed E-state index contributed by atoms with van der Waals surface area (Å²) in [6.07, 6.45) is 4.16. The maximum Gasteiger partial charge on any atom is 0.410 e. The number of amides is 2. The van der Waals surface area contributed by atoms with Gasteiger partial charge in [-0.1, -0.05) is 23.3 Å². The average Bonchev–Trinajstić information content (AvgIpc) is 3.29. The smallest absolute Gasteiger partial charge is 0.410 e. The van der Waals surface area contributed by atoms with Crippen LogP contribution < -0.4 is 14.8 Å². The van der Waals surface area contributed by atoms with Gasteiger partial charge >= 0.3 is 6.09 Å². The van der Waals surface area contributed by atoms with Crippen LogP contribution in [-0.4, -0.2) is 64.0 Å². The molecule has 1 saturated heterocycles. The first-order valence-corrected chi connectivity index (χ1v) is 12.4. The van der Waals surface area contributed by atoms with Crippen molar-refractivity contribution < 1.29 is 23.8 Å². The molecule has 0 aliphatic carbocycles. The van der Waals surface area contributed by atoms with Crippen LogP contribution in [0.3, 0.4) is 0 Å². The summed E-state index contributed by atoms with van der Waals surface area (Å²) >= 11 is 1.13. The van der Waals surface area contributed by atoms with Crippen LogP contribution >= 0.6 is 11.3 Å². The van der Waals surface area contributed by atoms with Gasteiger partial charge < -0.3 is 19.1 Å². The van der Waals surface area contributed by atoms with Crippen molar-refractivity contribution in [1.82, 2.24) is 20.1 Å². The van der Waals surface area contributed by atoms with Gasteiger partial charge in [0.2, 0.25) is 5.13 Å². The SMILES string of the molecule is COc1ccccc1-c1cnccc1C(=O)Nc1nnc(OC2CCCN(C(=O)OC(C)(C)C)C2)s1. The van der Waals surface area contributed by atoms with E-state index in [-0.39, 0.29) is 18.1 Å². The Morgan fingerprint density at radius 3 is 2.72 bits per heavy atom. The van der Waals surface area contributed by atoms with Crippen LogP contribution in [0.15, 0.2) is 42.7 Å². The molecule has 11 heteroatoms. The molecule has 4 rings (SSSR count). The van der Waals surface area contributed by atoms with Gasteiger partial charge in [0.1, 0.15) is 17.5 Å². The highest BCUT2D eigenvalue weighted by Crippen LogP contribution is 2.32. The molecule has 36 heavy (non-hydrogen) atoms. The number of carbonyl (C=O) groups excluding carboxylic acids is 2. The number of anilines is 1. The number of methoxy groups -OCH3 is 1. The fraction of sp³-hybridized carbons (Fsp3) is 0.400. The van der Waals surface area contributed by atoms with Crippen LogP contribution in [0.1, 0.15) is 44.0 Å². The van der Waals surface area contributed by atoms with Crippen molar-refractivity contribution in [2.75, 3.05) is 25.5 Å². The number of piperidine rings is 1. The number of carbonyl (C=O) groups is 2. The Labute approximate surface area is 213 Å². The van der Waals surface area contributed by atoms with E-state index in [9.17, 15) is 9.59 Å². The van der Waals surface area contributed by atoms with Crippen LogP contribution in [0, 0.1) is 0 Å². The fourth-order valence-corrected chi connectivity index (χ4v) is 4.47. The number of benzene rings is 1. The third-order valence-corrected chi connectivity index (χ3v) is 6.12. The molecule has 3 heterocycles. The summed E-state index contributed by atoms with van der Waals surface area (Å²) in [6.45, 7) is 6.53. The zero-order chi connectivity index (χ0) is 25.7. The monoisotopic (exact) mass is 511 g/mol. The van der Waals surface area contributed by atoms with E-state index in [4.69, 9.17) is 14.2 Å². The zero-order valence-corrected chi connectivity index (χ0v) is 21.5. The minimum absolute atomic E-state index is 0.236. The fourth-order valence-electron chi connectivity index (χ4n) is 3.82. The highest BCUT2D eigenvalue weighted by atomic mass is 32.1. The van der Waals surface area contributed by atoms with Gasteiger partial charge in [-0.3, -0.25) is 15.1 Å². The summed E-state index contributed by atoms with van der Waals surface area (Å²) in [4.78, 5) is 31.3. The molecule has 2 amide bonds. The first kappa shape index (κ1) is 25.4. The molecule has 1 aliphatic heterocycles. The summed E-state index contributed by atoms with van der Waals surface area (Å²) in [5.74, 6) is 0.286. The van der Waals surface area contributed by atoms with Gasteiger partial charge in [0.05, 0.1) is 19.2 Å². The van der Waals surface area contributed by atoms with Gasteiger partial charge in [-0.15, -0.1) is 5.10 Å². The number of nitrogens with one attached hydrogen (secondary N) is 1. The molecule has 1 N–H and O–H groups in total. The number of rotatable bonds is 6. The van der Waals surface area contributed by atoms with E-state index in [1.165, 1.54) is 0 Å². The quantitative estimate of drug-likeness (QED) is 0.509. The molecule has 10 nitrogen and oxygen atoms in total. The summed E-state index contributed by atoms with van der Waals surface area (Å²) in [5, 5.41) is 11.5. The number of pyridine rings is 1. The van der Waals surface area contributed by atoms with Gasteiger partial charge in [-0.05, 0) is 57.1 Å². The van der Waals surface area contributed by atoms with Crippen LogP contribution in [0.2, 0.25) is 0 Å². The Morgan fingerprint density at radius 2 is 1.94 bits per heavy atom. The van der Waals surface area contributed by atoms with E-state index in [0.717, 1.165) is 29.7 Å². The van der Waals surface area contributed by atoms with Gasteiger partial charge in [-0.2, -0.15) is 0 Å². The lowest BCUT2D eigenvalue weighted by atomic mass is 10.0. The molecule has 0 radical (unpaired) electrons. The van der Waals surface area contributed by atoms with Crippen molar-refractivity contribution in [1.29, 1.82) is 0 Å². The average molecular weight is 512 g/mol. The Kier molecular flexibility index (Phi) is 7.68. The van der Waals surface area contributed by atoms with Crippen molar-refractivity contribution in [3.05, 3.63) is 48.3 Å². The normalized spacial score (nSPS) is 15.8. The Morgan fingerprint density at radius 1 is 1.14 bits per heavy atom. The zero-order valence-electron chi connectivity index (χ0n) is 20.7. The Hall–Kier alpha value is -3.73. The van der Waals surface area contributed by atoms with Gasteiger partial charge in [-0.25, -0.2) is 4.79 Å². The van der Waals surface area contributed by atoms with Gasteiger partial charge in [0.25, 0.3) is 11.1 Å². The predicted molar refractivity (Wildman–Crippen MR) is 136 cm³/mol. The molecule has 1 fully saturated rings. The second-order valence-corrected chi connectivity index (χ2v) is 10.2. The maximum atomic E-state index is 13.1. The predicted octanol–water partition coefficient (Wildman–Crippen LogP) is 4.64. The van der Waals surface area contributed by atoms with Crippen LogP contribution in [0.25, 0.3) is 11.1 Å². The number of aromatic nitrogens is 3. The second-order valence-electron chi connectivity index (χ2n) is 9.26. The highest BCUT2D eigenvalue weighted by Gasteiger charge is 2.29. The summed E-state index contributed by atoms with van der Waals surface area (Å²) in [5.41, 5.74) is 1.26. The second kappa shape index (κ2) is 10.9. The summed E-state index contributed by atoms with van der Waals surface area (Å²) < 4.78 is 16.9. The number of ether oxygens (including phenoxy) is 3. The topological polar surface area (TPSA) is 116 Å². The largest absolute Gasteiger partial charge is 0.496 e. The van der Waals surface area contributed by atoms with E-state index in [2.05, 4.69) is 20.5 Å². The van der Waals surface area contributed by atoms with E-state index in [1.807, 2.05) is 45.0 Å². The van der Waals surface area contributed by atoms with Crippen molar-refractivity contribution in [3.63, 3.8) is 0 Å². The Balaban J connectivity index is 1.41. The molecule has 0 spiro atoms. The van der Waals surface area contributed by atoms with Crippen molar-refractivity contribution in [2.45, 2.75) is 45.3 Å². The number of likely N-dealkylation sites (tertiary alicyclic amines) is 1. The lowest BCUT2D eigenvalue weighted by Crippen LogP contribution is -2.46. The van der Waals surface area contributed by atoms with Gasteiger partial charge in [0, 0.05) is 30.1 Å². The molecular weight excluding hydrogens is 482 g/mol. The molecule has 190 valence electrons. The minimum atomic E-state index is -0.558. The van der Waals surface area contributed by atoms with Crippen molar-refractivity contribution >= 4 is 28.5 Å². The lowest BCUT2D eigenvalue weighted by molar-refractivity contribution is 0.00766. The van der Waals surface area contributed by atoms with E-state index in [1.54, 1.807) is 30.5 Å². The third kappa shape index (κ3) is 6.28. The first-order valence-electron chi connectivity index (χ1n) is 11.6. The number of nitrogens with zero attached hydrogens (tertiary/aromatic N) is 4. The Bertz CT molecular complexity index is 1230. The molecule has 0 saturated carbocycles. The van der Waals surface area contributed by atoms with Crippen LogP contribution in [-0.2, 0) is 4.74 Å². The number of hydrogen-bond acceptors (Lipinski definition) is 9. The molecule has 1 unspecified atom stereocenters. The molecule has 3 aromatic rings. The summed E-state index contributed by atoms with van der Waals surface area (Å²) in [7, 11) is 1.58. The minimum Gasteiger partial charge on any atom is -0.496 e. The maximum absolute atomic E-state index is 13.1. The third-order valence-electron chi connectivity index (χ3n) is 5.39. The molecule has 0 bridgehead atoms. The molecule has 1 aliphatic rings. The molecule has 1 atom stereocenters. The van der Waals surface area contributed by atoms with Crippen molar-refractivity contribution in [3.8, 4) is 22.1 Å². The molecular formula is C25H29N5O5S. The van der Waals surface area contributed by atoms with Crippen molar-refractivity contribution in [2.24, 2.45) is 0 Å². The number of hydrogen-bond donors (Lipinski definition) is 1. The van der Waals surface area contributed by atoms with E-state index < -0.39 is 5.60 Å². The molecule has 2 aromatic heterocycles. The summed E-state index contributed by atoms with van der Waals surface area (Å²) in [6, 6.07) is 9.07. The van der Waals surface area contributed by atoms with E-state index in [0.29, 0.717) is 40.3 Å².